The van der Waals surface area contributed by atoms with Crippen molar-refractivity contribution in [3.8, 4) is 0 Å². The molecule has 18 heavy (non-hydrogen) atoms. The fraction of sp³-hybridized carbons (Fsp3) is 0.533. The highest BCUT2D eigenvalue weighted by Gasteiger charge is 2.27. The van der Waals surface area contributed by atoms with E-state index in [9.17, 15) is 4.79 Å². The van der Waals surface area contributed by atoms with Crippen LogP contribution in [0.3, 0.4) is 0 Å². The smallest absolute Gasteiger partial charge is 0.222 e. The summed E-state index contributed by atoms with van der Waals surface area (Å²) in [5.41, 5.74) is 9.84. The van der Waals surface area contributed by atoms with E-state index in [-0.39, 0.29) is 11.9 Å². The molecular weight excluding hydrogens is 224 g/mol. The molecule has 2 N–H and O–H groups in total. The Balaban J connectivity index is 2.08. The summed E-state index contributed by atoms with van der Waals surface area (Å²) in [7, 11) is 0. The molecular formula is C15H22N2O. The summed E-state index contributed by atoms with van der Waals surface area (Å²) in [6, 6.07) is 6.22. The maximum atomic E-state index is 11.8. The fourth-order valence-corrected chi connectivity index (χ4v) is 2.72. The first-order valence-corrected chi connectivity index (χ1v) is 6.58. The number of carbonyl (C=O) groups excluding carboxylic acids is 1. The number of carbonyl (C=O) groups is 1. The van der Waals surface area contributed by atoms with E-state index in [1.807, 2.05) is 4.90 Å². The molecule has 2 unspecified atom stereocenters. The molecule has 1 aliphatic rings. The van der Waals surface area contributed by atoms with Gasteiger partial charge in [0.1, 0.15) is 0 Å². The van der Waals surface area contributed by atoms with Gasteiger partial charge in [-0.25, -0.2) is 0 Å². The topological polar surface area (TPSA) is 46.3 Å². The molecule has 1 aromatic carbocycles. The highest BCUT2D eigenvalue weighted by molar-refractivity contribution is 5.78. The fourth-order valence-electron chi connectivity index (χ4n) is 2.72. The molecule has 0 saturated carbocycles. The predicted octanol–water partition coefficient (Wildman–Crippen LogP) is 2.17. The van der Waals surface area contributed by atoms with E-state index in [1.165, 1.54) is 11.1 Å². The number of rotatable bonds is 3. The molecule has 0 spiro atoms. The summed E-state index contributed by atoms with van der Waals surface area (Å²) in [5, 5.41) is 0. The summed E-state index contributed by atoms with van der Waals surface area (Å²) in [6.07, 6.45) is 0.666. The van der Waals surface area contributed by atoms with Gasteiger partial charge in [-0.15, -0.1) is 0 Å². The van der Waals surface area contributed by atoms with Gasteiger partial charge in [0.2, 0.25) is 5.91 Å². The first-order chi connectivity index (χ1) is 8.47. The molecule has 0 radical (unpaired) electrons. The van der Waals surface area contributed by atoms with Crippen LogP contribution in [0.4, 0.5) is 0 Å². The van der Waals surface area contributed by atoms with Crippen molar-refractivity contribution in [2.24, 2.45) is 11.7 Å². The molecule has 98 valence electrons. The molecule has 1 aromatic rings. The van der Waals surface area contributed by atoms with Gasteiger partial charge in [-0.2, -0.15) is 0 Å². The number of hydrogen-bond donors (Lipinski definition) is 1. The van der Waals surface area contributed by atoms with Crippen LogP contribution in [-0.2, 0) is 4.79 Å². The number of nitrogens with zero attached hydrogens (tertiary/aromatic N) is 1. The van der Waals surface area contributed by atoms with Crippen LogP contribution in [0, 0.1) is 19.8 Å². The van der Waals surface area contributed by atoms with Crippen LogP contribution in [0.2, 0.25) is 0 Å². The lowest BCUT2D eigenvalue weighted by Crippen LogP contribution is -2.33. The highest BCUT2D eigenvalue weighted by atomic mass is 16.2. The quantitative estimate of drug-likeness (QED) is 0.888. The zero-order valence-corrected chi connectivity index (χ0v) is 11.4. The third-order valence-electron chi connectivity index (χ3n) is 3.65. The molecule has 0 bridgehead atoms. The molecule has 1 saturated heterocycles. The zero-order chi connectivity index (χ0) is 13.3. The summed E-state index contributed by atoms with van der Waals surface area (Å²) in [4.78, 5) is 13.7. The summed E-state index contributed by atoms with van der Waals surface area (Å²) in [6.45, 7) is 7.75. The van der Waals surface area contributed by atoms with Crippen LogP contribution in [0.1, 0.15) is 36.1 Å². The van der Waals surface area contributed by atoms with Crippen LogP contribution in [0.5, 0.6) is 0 Å². The minimum Gasteiger partial charge on any atom is -0.341 e. The monoisotopic (exact) mass is 246 g/mol. The lowest BCUT2D eigenvalue weighted by Gasteiger charge is -2.22. The second-order valence-electron chi connectivity index (χ2n) is 5.57. The van der Waals surface area contributed by atoms with Crippen molar-refractivity contribution in [3.63, 3.8) is 0 Å². The molecule has 1 aliphatic heterocycles. The average molecular weight is 246 g/mol. The van der Waals surface area contributed by atoms with Crippen LogP contribution >= 0.6 is 0 Å². The largest absolute Gasteiger partial charge is 0.341 e. The Labute approximate surface area is 109 Å². The van der Waals surface area contributed by atoms with Crippen molar-refractivity contribution in [2.45, 2.75) is 33.2 Å². The average Bonchev–Trinajstić information content (AvgIpc) is 2.57. The number of likely N-dealkylation sites (tertiary alicyclic amines) is 1. The number of nitrogens with two attached hydrogens (primary N) is 1. The van der Waals surface area contributed by atoms with E-state index in [1.54, 1.807) is 0 Å². The molecule has 0 aromatic heterocycles. The van der Waals surface area contributed by atoms with E-state index in [0.717, 1.165) is 12.1 Å². The van der Waals surface area contributed by atoms with Gasteiger partial charge in [0.25, 0.3) is 0 Å². The Hall–Kier alpha value is -1.35. The van der Waals surface area contributed by atoms with Crippen LogP contribution < -0.4 is 5.73 Å². The number of aryl methyl sites for hydroxylation is 2. The number of amides is 1. The van der Waals surface area contributed by atoms with Gasteiger partial charge in [-0.1, -0.05) is 30.7 Å². The van der Waals surface area contributed by atoms with Gasteiger partial charge >= 0.3 is 0 Å². The number of benzene rings is 1. The Morgan fingerprint density at radius 3 is 2.72 bits per heavy atom. The molecule has 3 nitrogen and oxygen atoms in total. The van der Waals surface area contributed by atoms with Gasteiger partial charge in [-0.05, 0) is 30.9 Å². The zero-order valence-electron chi connectivity index (χ0n) is 11.4. The van der Waals surface area contributed by atoms with Crippen molar-refractivity contribution < 1.29 is 4.79 Å². The maximum absolute atomic E-state index is 11.8. The minimum absolute atomic E-state index is 0.0835. The van der Waals surface area contributed by atoms with Gasteiger partial charge in [0.15, 0.2) is 0 Å². The summed E-state index contributed by atoms with van der Waals surface area (Å²) in [5.74, 6) is 0.700. The van der Waals surface area contributed by atoms with E-state index in [0.29, 0.717) is 18.9 Å². The predicted molar refractivity (Wildman–Crippen MR) is 73.2 cm³/mol. The van der Waals surface area contributed by atoms with Crippen LogP contribution in [0.25, 0.3) is 0 Å². The van der Waals surface area contributed by atoms with Gasteiger partial charge < -0.3 is 10.6 Å². The Morgan fingerprint density at radius 1 is 1.44 bits per heavy atom. The second-order valence-corrected chi connectivity index (χ2v) is 5.57. The third-order valence-corrected chi connectivity index (χ3v) is 3.65. The molecule has 0 aliphatic carbocycles. The van der Waals surface area contributed by atoms with E-state index in [2.05, 4.69) is 39.0 Å². The maximum Gasteiger partial charge on any atom is 0.222 e. The van der Waals surface area contributed by atoms with Crippen molar-refractivity contribution >= 4 is 5.91 Å². The van der Waals surface area contributed by atoms with Crippen molar-refractivity contribution in [1.29, 1.82) is 0 Å². The van der Waals surface area contributed by atoms with Gasteiger partial charge in [0.05, 0.1) is 0 Å². The Morgan fingerprint density at radius 2 is 2.17 bits per heavy atom. The van der Waals surface area contributed by atoms with Gasteiger partial charge in [-0.3, -0.25) is 4.79 Å². The molecule has 3 heteroatoms. The third kappa shape index (κ3) is 2.72. The summed E-state index contributed by atoms with van der Waals surface area (Å²) < 4.78 is 0. The van der Waals surface area contributed by atoms with E-state index < -0.39 is 0 Å². The van der Waals surface area contributed by atoms with Crippen molar-refractivity contribution in [2.75, 3.05) is 13.1 Å². The van der Waals surface area contributed by atoms with E-state index >= 15 is 0 Å². The lowest BCUT2D eigenvalue weighted by molar-refractivity contribution is -0.127. The normalized spacial score (nSPS) is 21.4. The summed E-state index contributed by atoms with van der Waals surface area (Å²) >= 11 is 0. The first-order valence-electron chi connectivity index (χ1n) is 6.58. The minimum atomic E-state index is -0.0835. The second kappa shape index (κ2) is 5.11. The molecule has 1 fully saturated rings. The molecule has 1 amide bonds. The van der Waals surface area contributed by atoms with Crippen molar-refractivity contribution in [1.82, 2.24) is 4.90 Å². The molecule has 2 atom stereocenters. The Kier molecular flexibility index (Phi) is 3.71. The standard InChI is InChI=1S/C15H22N2O/c1-10-4-5-13(12(3)6-10)14(16)9-17-8-11(2)7-15(17)18/h4-6,11,14H,7-9,16H2,1-3H3. The lowest BCUT2D eigenvalue weighted by atomic mass is 9.99. The SMILES string of the molecule is Cc1ccc(C(N)CN2CC(C)CC2=O)c(C)c1. The van der Waals surface area contributed by atoms with Crippen molar-refractivity contribution in [3.05, 3.63) is 34.9 Å². The van der Waals surface area contributed by atoms with Gasteiger partial charge in [0, 0.05) is 25.6 Å². The molecule has 2 rings (SSSR count). The van der Waals surface area contributed by atoms with E-state index in [4.69, 9.17) is 5.73 Å². The van der Waals surface area contributed by atoms with Crippen LogP contribution in [0.15, 0.2) is 18.2 Å². The number of hydrogen-bond acceptors (Lipinski definition) is 2. The Bertz CT molecular complexity index is 456. The first kappa shape index (κ1) is 13.1. The highest BCUT2D eigenvalue weighted by Crippen LogP contribution is 2.22. The van der Waals surface area contributed by atoms with Crippen LogP contribution in [-0.4, -0.2) is 23.9 Å². The molecule has 1 heterocycles.